The minimum absolute atomic E-state index is 0. The number of aliphatic carboxylic acids is 1. The van der Waals surface area contributed by atoms with E-state index in [9.17, 15) is 0 Å². The van der Waals surface area contributed by atoms with Gasteiger partial charge in [-0.15, -0.1) is 0 Å². The maximum Gasteiger partial charge on any atom is 0.300 e. The monoisotopic (exact) mass is 239 g/mol. The van der Waals surface area contributed by atoms with Gasteiger partial charge in [-0.25, -0.2) is 0 Å². The number of carboxylic acids is 1. The van der Waals surface area contributed by atoms with E-state index in [0.29, 0.717) is 0 Å². The summed E-state index contributed by atoms with van der Waals surface area (Å²) in [6.45, 7) is 1.08. The summed E-state index contributed by atoms with van der Waals surface area (Å²) >= 11 is 0. The Morgan fingerprint density at radius 3 is 1.11 bits per heavy atom. The first-order chi connectivity index (χ1) is 1.73. The first kappa shape index (κ1) is 63.0. The van der Waals surface area contributed by atoms with Crippen LogP contribution < -0.4 is 0 Å². The average Bonchev–Trinajstić information content (AvgIpc) is 0.811. The van der Waals surface area contributed by atoms with Crippen LogP contribution in [-0.4, -0.2) is 33.0 Å². The van der Waals surface area contributed by atoms with Gasteiger partial charge in [-0.05, 0) is 0 Å². The van der Waals surface area contributed by atoms with Crippen molar-refractivity contribution in [2.24, 2.45) is 0 Å². The molecule has 0 aliphatic heterocycles. The summed E-state index contributed by atoms with van der Waals surface area (Å²) in [7, 11) is 0. The zero-order valence-electron chi connectivity index (χ0n) is 4.66. The zero-order chi connectivity index (χ0) is 3.58. The smallest absolute Gasteiger partial charge is 0.300 e. The van der Waals surface area contributed by atoms with Gasteiger partial charge in [0.25, 0.3) is 5.97 Å². The molecule has 0 aliphatic carbocycles. The maximum absolute atomic E-state index is 9.00. The minimum Gasteiger partial charge on any atom is -0.481 e. The molecule has 0 rings (SSSR count). The van der Waals surface area contributed by atoms with Crippen molar-refractivity contribution in [3.8, 4) is 0 Å². The topological polar surface area (TPSA) is 163 Å². The Hall–Kier alpha value is 0.0503. The van der Waals surface area contributed by atoms with Crippen molar-refractivity contribution in [3.05, 3.63) is 0 Å². The van der Waals surface area contributed by atoms with Gasteiger partial charge in [0, 0.05) is 29.3 Å². The molecule has 0 aliphatic rings. The standard InChI is InChI=1S/C2H4O2.Ag.4H2O/c1-2(3)4;;;;;/h1H3,(H,3,4);;4*1H2. The third-order valence-corrected chi connectivity index (χ3v) is 0. The molecule has 0 bridgehead atoms. The second kappa shape index (κ2) is 43.0. The van der Waals surface area contributed by atoms with E-state index in [1.165, 1.54) is 0 Å². The molecular weight excluding hydrogens is 228 g/mol. The Labute approximate surface area is 67.6 Å². The zero-order valence-corrected chi connectivity index (χ0v) is 6.14. The van der Waals surface area contributed by atoms with E-state index in [1.807, 2.05) is 0 Å². The Balaban J connectivity index is -0.00000000450. The summed E-state index contributed by atoms with van der Waals surface area (Å²) in [6, 6.07) is 0. The Morgan fingerprint density at radius 1 is 1.11 bits per heavy atom. The fourth-order valence-corrected chi connectivity index (χ4v) is 0. The fourth-order valence-electron chi connectivity index (χ4n) is 0. The predicted molar refractivity (Wildman–Crippen MR) is 27.8 cm³/mol. The molecule has 0 unspecified atom stereocenters. The summed E-state index contributed by atoms with van der Waals surface area (Å²) in [4.78, 5) is 9.00. The first-order valence-electron chi connectivity index (χ1n) is 0.928. The Kier molecular flexibility index (Phi) is 301. The van der Waals surface area contributed by atoms with Crippen molar-refractivity contribution in [1.29, 1.82) is 0 Å². The van der Waals surface area contributed by atoms with Gasteiger partial charge in [-0.1, -0.05) is 0 Å². The van der Waals surface area contributed by atoms with Crippen molar-refractivity contribution < 1.29 is 54.2 Å². The molecule has 0 aromatic heterocycles. The third kappa shape index (κ3) is 117000. The molecule has 0 atom stereocenters. The van der Waals surface area contributed by atoms with Crippen molar-refractivity contribution in [2.75, 3.05) is 0 Å². The fraction of sp³-hybridized carbons (Fsp3) is 0.500. The van der Waals surface area contributed by atoms with Gasteiger partial charge in [0.15, 0.2) is 0 Å². The molecule has 0 saturated carbocycles. The van der Waals surface area contributed by atoms with Gasteiger partial charge in [0.2, 0.25) is 0 Å². The van der Waals surface area contributed by atoms with Gasteiger partial charge >= 0.3 is 0 Å². The molecule has 67 valence electrons. The maximum atomic E-state index is 9.00. The molecule has 0 heterocycles. The Morgan fingerprint density at radius 2 is 1.11 bits per heavy atom. The van der Waals surface area contributed by atoms with Gasteiger partial charge in [0.05, 0.1) is 0 Å². The van der Waals surface area contributed by atoms with Crippen LogP contribution in [0.25, 0.3) is 0 Å². The summed E-state index contributed by atoms with van der Waals surface area (Å²) in [5, 5.41) is 7.42. The van der Waals surface area contributed by atoms with Gasteiger partial charge in [-0.3, -0.25) is 4.79 Å². The van der Waals surface area contributed by atoms with E-state index in [-0.39, 0.29) is 44.3 Å². The number of carbonyl (C=O) groups is 1. The van der Waals surface area contributed by atoms with Crippen LogP contribution in [0.3, 0.4) is 0 Å². The molecule has 9 N–H and O–H groups in total. The number of hydrogen-bond acceptors (Lipinski definition) is 1. The molecule has 7 heteroatoms. The van der Waals surface area contributed by atoms with Crippen LogP contribution in [0, 0.1) is 0 Å². The molecule has 6 nitrogen and oxygen atoms in total. The average molecular weight is 240 g/mol. The van der Waals surface area contributed by atoms with Crippen LogP contribution in [0.1, 0.15) is 6.92 Å². The van der Waals surface area contributed by atoms with Crippen LogP contribution in [0.15, 0.2) is 0 Å². The number of rotatable bonds is 0. The molecule has 0 fully saturated rings. The second-order valence-electron chi connectivity index (χ2n) is 0.519. The summed E-state index contributed by atoms with van der Waals surface area (Å²) in [5.41, 5.74) is 0. The van der Waals surface area contributed by atoms with E-state index >= 15 is 0 Å². The van der Waals surface area contributed by atoms with Crippen molar-refractivity contribution in [3.63, 3.8) is 0 Å². The summed E-state index contributed by atoms with van der Waals surface area (Å²) in [5.74, 6) is -0.833. The van der Waals surface area contributed by atoms with E-state index in [2.05, 4.69) is 0 Å². The molecule has 0 amide bonds. The SMILES string of the molecule is CC(=O)O.O.O.O.O.[Ag]. The third-order valence-electron chi connectivity index (χ3n) is 0. The normalized spacial score (nSPS) is 2.78. The molecule has 0 aromatic rings. The second-order valence-corrected chi connectivity index (χ2v) is 0.519. The van der Waals surface area contributed by atoms with E-state index in [1.54, 1.807) is 0 Å². The molecule has 0 saturated heterocycles. The molecule has 9 heavy (non-hydrogen) atoms. The van der Waals surface area contributed by atoms with E-state index < -0.39 is 5.97 Å². The number of hydrogen-bond donors (Lipinski definition) is 1. The van der Waals surface area contributed by atoms with Crippen LogP contribution in [0.5, 0.6) is 0 Å². The van der Waals surface area contributed by atoms with Crippen LogP contribution in [-0.2, 0) is 27.2 Å². The van der Waals surface area contributed by atoms with E-state index in [4.69, 9.17) is 9.90 Å². The summed E-state index contributed by atoms with van der Waals surface area (Å²) in [6.07, 6.45) is 0. The largest absolute Gasteiger partial charge is 0.481 e. The molecule has 0 spiro atoms. The van der Waals surface area contributed by atoms with Crippen LogP contribution in [0.4, 0.5) is 0 Å². The van der Waals surface area contributed by atoms with Gasteiger partial charge < -0.3 is 27.0 Å². The minimum atomic E-state index is -0.833. The van der Waals surface area contributed by atoms with Gasteiger partial charge in [0.1, 0.15) is 0 Å². The van der Waals surface area contributed by atoms with Crippen LogP contribution in [0.2, 0.25) is 0 Å². The predicted octanol–water partition coefficient (Wildman–Crippen LogP) is -3.21. The summed E-state index contributed by atoms with van der Waals surface area (Å²) < 4.78 is 0. The quantitative estimate of drug-likeness (QED) is 0.441. The number of carboxylic acid groups (broad SMARTS) is 1. The van der Waals surface area contributed by atoms with E-state index in [0.717, 1.165) is 6.92 Å². The van der Waals surface area contributed by atoms with Gasteiger partial charge in [-0.2, -0.15) is 0 Å². The van der Waals surface area contributed by atoms with Crippen LogP contribution >= 0.6 is 0 Å². The van der Waals surface area contributed by atoms with Crippen molar-refractivity contribution >= 4 is 5.97 Å². The first-order valence-corrected chi connectivity index (χ1v) is 0.928. The molecular formula is C2H12AgO6. The van der Waals surface area contributed by atoms with Crippen molar-refractivity contribution in [2.45, 2.75) is 6.92 Å². The molecule has 0 aromatic carbocycles. The molecule has 1 radical (unpaired) electrons. The Bertz CT molecular complexity index is 34.0. The van der Waals surface area contributed by atoms with Crippen molar-refractivity contribution in [1.82, 2.24) is 0 Å².